The predicted octanol–water partition coefficient (Wildman–Crippen LogP) is 4.61. The molecule has 0 saturated carbocycles. The van der Waals surface area contributed by atoms with Gasteiger partial charge in [-0.25, -0.2) is 4.79 Å². The minimum Gasteiger partial charge on any atom is -0.493 e. The van der Waals surface area contributed by atoms with Crippen molar-refractivity contribution in [2.75, 3.05) is 53.0 Å². The number of hydrogen-bond donors (Lipinski definition) is 0. The molecule has 2 aliphatic heterocycles. The van der Waals surface area contributed by atoms with Crippen molar-refractivity contribution in [3.8, 4) is 23.0 Å². The number of nitrogens with zero attached hydrogens (tertiary/aromatic N) is 2. The Labute approximate surface area is 209 Å². The zero-order valence-corrected chi connectivity index (χ0v) is 21.2. The van der Waals surface area contributed by atoms with Crippen molar-refractivity contribution in [3.05, 3.63) is 29.8 Å². The molecule has 3 aromatic rings. The number of likely N-dealkylation sites (tertiary alicyclic amines) is 1. The van der Waals surface area contributed by atoms with Crippen molar-refractivity contribution < 1.29 is 33.3 Å². The maximum atomic E-state index is 13.9. The molecule has 0 bridgehead atoms. The predicted molar refractivity (Wildman–Crippen MR) is 136 cm³/mol. The summed E-state index contributed by atoms with van der Waals surface area (Å²) in [6.45, 7) is 3.19. The maximum absolute atomic E-state index is 13.9. The lowest BCUT2D eigenvalue weighted by Gasteiger charge is -2.36. The Hall–Kier alpha value is -3.88. The standard InChI is InChI=1S/C27H30N2O7/c1-6-36-27(31)28-9-7-16(8-10-28)29-19-11-15-12-20(32-2)21(33-3)13-17(15)24-23(19)18(26(29)30)14-22(34-4)25(24)35-5/h11-14,16H,6-10H2,1-5H3. The van der Waals surface area contributed by atoms with Crippen LogP contribution in [0.1, 0.15) is 30.1 Å². The third kappa shape index (κ3) is 3.53. The Morgan fingerprint density at radius 2 is 1.56 bits per heavy atom. The van der Waals surface area contributed by atoms with Crippen LogP contribution in [0.3, 0.4) is 0 Å². The van der Waals surface area contributed by atoms with Crippen LogP contribution in [0.15, 0.2) is 24.3 Å². The van der Waals surface area contributed by atoms with Crippen LogP contribution in [0, 0.1) is 0 Å². The van der Waals surface area contributed by atoms with Crippen molar-refractivity contribution in [3.63, 3.8) is 0 Å². The van der Waals surface area contributed by atoms with E-state index in [1.54, 1.807) is 46.3 Å². The van der Waals surface area contributed by atoms with E-state index >= 15 is 0 Å². The third-order valence-electron chi connectivity index (χ3n) is 7.11. The van der Waals surface area contributed by atoms with Gasteiger partial charge >= 0.3 is 6.09 Å². The fraction of sp³-hybridized carbons (Fsp3) is 0.407. The molecule has 1 fully saturated rings. The monoisotopic (exact) mass is 494 g/mol. The summed E-state index contributed by atoms with van der Waals surface area (Å²) in [7, 11) is 6.35. The average molecular weight is 495 g/mol. The van der Waals surface area contributed by atoms with Gasteiger partial charge in [0.15, 0.2) is 23.0 Å². The quantitative estimate of drug-likeness (QED) is 0.463. The van der Waals surface area contributed by atoms with E-state index in [0.29, 0.717) is 61.1 Å². The highest BCUT2D eigenvalue weighted by molar-refractivity contribution is 6.31. The van der Waals surface area contributed by atoms with Gasteiger partial charge in [0.05, 0.1) is 46.3 Å². The molecule has 36 heavy (non-hydrogen) atoms. The summed E-state index contributed by atoms with van der Waals surface area (Å²) in [5, 5.41) is 3.37. The lowest BCUT2D eigenvalue weighted by Crippen LogP contribution is -2.48. The van der Waals surface area contributed by atoms with Crippen LogP contribution < -0.4 is 23.8 Å². The number of piperidine rings is 1. The van der Waals surface area contributed by atoms with Crippen LogP contribution in [0.5, 0.6) is 23.0 Å². The Bertz CT molecular complexity index is 1360. The first kappa shape index (κ1) is 23.8. The van der Waals surface area contributed by atoms with Crippen LogP contribution in [0.4, 0.5) is 10.5 Å². The minimum absolute atomic E-state index is 0.0617. The van der Waals surface area contributed by atoms with Crippen LogP contribution in [-0.4, -0.2) is 71.1 Å². The van der Waals surface area contributed by atoms with Crippen molar-refractivity contribution in [2.45, 2.75) is 25.8 Å². The second kappa shape index (κ2) is 9.29. The van der Waals surface area contributed by atoms with E-state index in [-0.39, 0.29) is 18.0 Å². The molecule has 3 aromatic carbocycles. The van der Waals surface area contributed by atoms with Crippen LogP contribution >= 0.6 is 0 Å². The summed E-state index contributed by atoms with van der Waals surface area (Å²) < 4.78 is 27.7. The summed E-state index contributed by atoms with van der Waals surface area (Å²) in [5.74, 6) is 2.14. The molecule has 2 aliphatic rings. The van der Waals surface area contributed by atoms with E-state index in [0.717, 1.165) is 27.2 Å². The van der Waals surface area contributed by atoms with Gasteiger partial charge in [-0.15, -0.1) is 0 Å². The zero-order chi connectivity index (χ0) is 25.6. The van der Waals surface area contributed by atoms with Gasteiger partial charge in [-0.2, -0.15) is 0 Å². The van der Waals surface area contributed by atoms with Crippen molar-refractivity contribution in [1.29, 1.82) is 0 Å². The highest BCUT2D eigenvalue weighted by Crippen LogP contribution is 2.51. The lowest BCUT2D eigenvalue weighted by atomic mass is 9.96. The van der Waals surface area contributed by atoms with Gasteiger partial charge in [0.1, 0.15) is 0 Å². The Morgan fingerprint density at radius 1 is 0.889 bits per heavy atom. The fourth-order valence-corrected chi connectivity index (χ4v) is 5.45. The summed E-state index contributed by atoms with van der Waals surface area (Å²) in [4.78, 5) is 29.6. The maximum Gasteiger partial charge on any atom is 0.409 e. The highest BCUT2D eigenvalue weighted by atomic mass is 16.6. The molecule has 0 radical (unpaired) electrons. The molecule has 2 amide bonds. The third-order valence-corrected chi connectivity index (χ3v) is 7.11. The molecule has 0 aliphatic carbocycles. The first-order valence-electron chi connectivity index (χ1n) is 12.0. The Morgan fingerprint density at radius 3 is 2.17 bits per heavy atom. The zero-order valence-electron chi connectivity index (χ0n) is 21.2. The molecular formula is C27H30N2O7. The van der Waals surface area contributed by atoms with Crippen LogP contribution in [0.2, 0.25) is 0 Å². The van der Waals surface area contributed by atoms with Gasteiger partial charge in [0.2, 0.25) is 0 Å². The smallest absolute Gasteiger partial charge is 0.409 e. The minimum atomic E-state index is -0.310. The molecule has 0 aromatic heterocycles. The van der Waals surface area contributed by atoms with Gasteiger partial charge in [-0.3, -0.25) is 4.79 Å². The molecule has 0 N–H and O–H groups in total. The van der Waals surface area contributed by atoms with E-state index < -0.39 is 0 Å². The lowest BCUT2D eigenvalue weighted by molar-refractivity contribution is 0.0913. The highest BCUT2D eigenvalue weighted by Gasteiger charge is 2.39. The number of carbonyl (C=O) groups excluding carboxylic acids is 2. The fourth-order valence-electron chi connectivity index (χ4n) is 5.45. The molecule has 0 spiro atoms. The van der Waals surface area contributed by atoms with Crippen LogP contribution in [0.25, 0.3) is 21.5 Å². The number of ether oxygens (including phenoxy) is 5. The number of carbonyl (C=O) groups is 2. The Kier molecular flexibility index (Phi) is 6.15. The second-order valence-corrected chi connectivity index (χ2v) is 8.83. The van der Waals surface area contributed by atoms with Crippen molar-refractivity contribution >= 4 is 39.2 Å². The van der Waals surface area contributed by atoms with Gasteiger partial charge in [0, 0.05) is 29.9 Å². The number of benzene rings is 3. The van der Waals surface area contributed by atoms with E-state index in [1.165, 1.54) is 0 Å². The molecule has 0 atom stereocenters. The van der Waals surface area contributed by atoms with Crippen molar-refractivity contribution in [2.24, 2.45) is 0 Å². The molecule has 1 saturated heterocycles. The van der Waals surface area contributed by atoms with Gasteiger partial charge in [-0.1, -0.05) is 0 Å². The summed E-state index contributed by atoms with van der Waals surface area (Å²) in [5.41, 5.74) is 1.39. The molecule has 9 heteroatoms. The van der Waals surface area contributed by atoms with Crippen molar-refractivity contribution in [1.82, 2.24) is 4.90 Å². The van der Waals surface area contributed by atoms with E-state index in [1.807, 2.05) is 23.1 Å². The van der Waals surface area contributed by atoms with E-state index in [4.69, 9.17) is 23.7 Å². The molecular weight excluding hydrogens is 464 g/mol. The normalized spacial score (nSPS) is 15.5. The first-order chi connectivity index (χ1) is 17.5. The molecule has 5 rings (SSSR count). The molecule has 2 heterocycles. The van der Waals surface area contributed by atoms with E-state index in [2.05, 4.69) is 0 Å². The van der Waals surface area contributed by atoms with Gasteiger partial charge in [0.25, 0.3) is 5.91 Å². The molecule has 9 nitrogen and oxygen atoms in total. The van der Waals surface area contributed by atoms with Gasteiger partial charge < -0.3 is 33.5 Å². The SMILES string of the molecule is CCOC(=O)N1CCC(N2C(=O)c3cc(OC)c(OC)c4c3c2cc2cc(OC)c(OC)cc24)CC1. The Balaban J connectivity index is 1.69. The number of amides is 2. The number of hydrogen-bond acceptors (Lipinski definition) is 7. The molecule has 0 unspecified atom stereocenters. The average Bonchev–Trinajstić information content (AvgIpc) is 3.18. The van der Waals surface area contributed by atoms with Gasteiger partial charge in [-0.05, 0) is 54.8 Å². The number of fused-ring (bicyclic) bond motifs is 2. The number of methoxy groups -OCH3 is 4. The topological polar surface area (TPSA) is 86.8 Å². The van der Waals surface area contributed by atoms with Crippen LogP contribution in [-0.2, 0) is 4.74 Å². The number of rotatable bonds is 6. The summed E-state index contributed by atoms with van der Waals surface area (Å²) in [6, 6.07) is 7.54. The molecule has 190 valence electrons. The summed E-state index contributed by atoms with van der Waals surface area (Å²) >= 11 is 0. The first-order valence-corrected chi connectivity index (χ1v) is 12.0. The number of anilines is 1. The van der Waals surface area contributed by atoms with E-state index in [9.17, 15) is 9.59 Å². The summed E-state index contributed by atoms with van der Waals surface area (Å²) in [6.07, 6.45) is 0.993. The largest absolute Gasteiger partial charge is 0.493 e. The second-order valence-electron chi connectivity index (χ2n) is 8.83.